The summed E-state index contributed by atoms with van der Waals surface area (Å²) in [5.74, 6) is -4.95. The number of alkyl halides is 1. The Kier molecular flexibility index (Phi) is 8.40. The molecule has 2 N–H and O–H groups in total. The van der Waals surface area contributed by atoms with Crippen molar-refractivity contribution in [3.05, 3.63) is 92.4 Å². The minimum absolute atomic E-state index is 0.00188. The van der Waals surface area contributed by atoms with Crippen LogP contribution >= 0.6 is 11.6 Å². The van der Waals surface area contributed by atoms with E-state index in [2.05, 4.69) is 5.10 Å². The summed E-state index contributed by atoms with van der Waals surface area (Å²) in [6, 6.07) is 10.6. The highest BCUT2D eigenvalue weighted by Gasteiger charge is 2.54. The number of primary amides is 1. The van der Waals surface area contributed by atoms with Gasteiger partial charge in [0.05, 0.1) is 29.4 Å². The predicted octanol–water partition coefficient (Wildman–Crippen LogP) is 7.04. The molecule has 2 amide bonds. The van der Waals surface area contributed by atoms with Gasteiger partial charge in [0, 0.05) is 35.7 Å². The minimum Gasteiger partial charge on any atom is -0.480 e. The molecular weight excluding hydrogens is 693 g/mol. The van der Waals surface area contributed by atoms with Crippen LogP contribution in [0.15, 0.2) is 53.5 Å². The van der Waals surface area contributed by atoms with Gasteiger partial charge in [0.1, 0.15) is 23.8 Å². The highest BCUT2D eigenvalue weighted by Crippen LogP contribution is 2.55. The second kappa shape index (κ2) is 12.5. The largest absolute Gasteiger partial charge is 0.480 e. The molecule has 3 aliphatic rings. The van der Waals surface area contributed by atoms with Crippen LogP contribution in [0.2, 0.25) is 5.02 Å². The Labute approximate surface area is 294 Å². The Bertz CT molecular complexity index is 2160. The Balaban J connectivity index is 1.41. The molecule has 0 aliphatic carbocycles. The molecule has 1 fully saturated rings. The van der Waals surface area contributed by atoms with E-state index in [4.69, 9.17) is 36.3 Å². The van der Waals surface area contributed by atoms with E-state index in [0.29, 0.717) is 24.9 Å². The monoisotopic (exact) mass is 724 g/mol. The van der Waals surface area contributed by atoms with Gasteiger partial charge >= 0.3 is 11.7 Å². The second-order valence-corrected chi connectivity index (χ2v) is 13.8. The summed E-state index contributed by atoms with van der Waals surface area (Å²) in [6.45, 7) is 4.34. The van der Waals surface area contributed by atoms with Crippen molar-refractivity contribution in [3.63, 3.8) is 0 Å². The van der Waals surface area contributed by atoms with Gasteiger partial charge in [-0.05, 0) is 45.2 Å². The zero-order valence-corrected chi connectivity index (χ0v) is 28.5. The summed E-state index contributed by atoms with van der Waals surface area (Å²) < 4.78 is 70.5. The molecule has 3 aliphatic heterocycles. The lowest BCUT2D eigenvalue weighted by Crippen LogP contribution is -2.53. The first-order chi connectivity index (χ1) is 24.2. The number of halogens is 4. The lowest BCUT2D eigenvalue weighted by Gasteiger charge is -2.40. The molecule has 4 heterocycles. The molecule has 266 valence electrons. The van der Waals surface area contributed by atoms with E-state index in [1.165, 1.54) is 0 Å². The fraction of sp³-hybridized carbons (Fsp3) is 0.333. The molecule has 3 aromatic carbocycles. The molecule has 7 rings (SSSR count). The Hall–Kier alpha value is -5.24. The van der Waals surface area contributed by atoms with Crippen molar-refractivity contribution in [2.75, 3.05) is 13.2 Å². The Morgan fingerprint density at radius 3 is 2.51 bits per heavy atom. The summed E-state index contributed by atoms with van der Waals surface area (Å²) >= 11 is 6.65. The van der Waals surface area contributed by atoms with E-state index >= 15 is 8.78 Å². The molecule has 0 spiro atoms. The van der Waals surface area contributed by atoms with Crippen LogP contribution in [0, 0.1) is 11.6 Å². The topological polar surface area (TPSA) is 135 Å². The number of nitrogens with two attached hydrogens (primary N) is 1. The van der Waals surface area contributed by atoms with Crippen molar-refractivity contribution in [2.24, 2.45) is 5.73 Å². The molecule has 1 aromatic heterocycles. The van der Waals surface area contributed by atoms with Crippen molar-refractivity contribution >= 4 is 23.6 Å². The highest BCUT2D eigenvalue weighted by molar-refractivity contribution is 6.34. The highest BCUT2D eigenvalue weighted by atomic mass is 35.5. The second-order valence-electron chi connectivity index (χ2n) is 13.5. The van der Waals surface area contributed by atoms with Gasteiger partial charge < -0.3 is 29.6 Å². The smallest absolute Gasteiger partial charge is 0.410 e. The van der Waals surface area contributed by atoms with Crippen LogP contribution < -0.4 is 25.5 Å². The summed E-state index contributed by atoms with van der Waals surface area (Å²) in [4.78, 5) is 41.1. The standard InChI is InChI=1S/C36H32ClF3N4O7/c1-35(2,3)51-34(47)43-12-7-10-25(43)36(18-8-5-4-6-9-18)16-20-22(50-36)15-21(39)28(37)26(20)27-19(32(41)45)14-23-30(29(27)40)49-31-24(48-23)17-42-44(13-11-38)33(31)46/h4-6,8-9,14-15,17,25H,7,10-13,16H2,1-3H3,(H2,41,45)/t25-,36-/m0/s1. The number of carbonyl (C=O) groups is 2. The molecule has 1 saturated heterocycles. The number of carbonyl (C=O) groups excluding carboxylic acids is 2. The van der Waals surface area contributed by atoms with Gasteiger partial charge in [0.2, 0.25) is 17.4 Å². The van der Waals surface area contributed by atoms with E-state index in [1.54, 1.807) is 37.8 Å². The van der Waals surface area contributed by atoms with E-state index in [1.807, 2.05) is 18.2 Å². The van der Waals surface area contributed by atoms with E-state index < -0.39 is 87.3 Å². The van der Waals surface area contributed by atoms with E-state index in [0.717, 1.165) is 23.0 Å². The minimum atomic E-state index is -1.33. The van der Waals surface area contributed by atoms with Gasteiger partial charge in [0.25, 0.3) is 0 Å². The van der Waals surface area contributed by atoms with Crippen molar-refractivity contribution < 1.29 is 41.7 Å². The van der Waals surface area contributed by atoms with Crippen LogP contribution in [0.4, 0.5) is 18.0 Å². The third-order valence-corrected chi connectivity index (χ3v) is 9.46. The lowest BCUT2D eigenvalue weighted by molar-refractivity contribution is -0.0216. The number of hydrogen-bond acceptors (Lipinski definition) is 8. The van der Waals surface area contributed by atoms with Gasteiger partial charge in [-0.1, -0.05) is 41.9 Å². The molecule has 0 bridgehead atoms. The van der Waals surface area contributed by atoms with Crippen molar-refractivity contribution in [3.8, 4) is 39.9 Å². The average Bonchev–Trinajstić information content (AvgIpc) is 3.73. The number of ether oxygens (including phenoxy) is 4. The zero-order chi connectivity index (χ0) is 36.4. The number of likely N-dealkylation sites (tertiary alicyclic amines) is 1. The maximum atomic E-state index is 17.0. The van der Waals surface area contributed by atoms with Crippen LogP contribution in [0.3, 0.4) is 0 Å². The lowest BCUT2D eigenvalue weighted by atomic mass is 9.79. The molecular formula is C36H32ClF3N4O7. The van der Waals surface area contributed by atoms with E-state index in [-0.39, 0.29) is 34.8 Å². The fourth-order valence-corrected chi connectivity index (χ4v) is 7.28. The number of amides is 2. The molecule has 11 nitrogen and oxygen atoms in total. The number of aryl methyl sites for hydroxylation is 1. The van der Waals surface area contributed by atoms with Crippen molar-refractivity contribution in [2.45, 2.75) is 63.8 Å². The van der Waals surface area contributed by atoms with E-state index in [9.17, 15) is 18.8 Å². The number of fused-ring (bicyclic) bond motifs is 3. The normalized spacial score (nSPS) is 19.0. The SMILES string of the molecule is CC(C)(C)OC(=O)N1CCC[C@H]1[C@@]1(c2ccccc2)Cc2c(cc(F)c(Cl)c2-c2c(C(N)=O)cc3c(c2F)Oc2c(cnn(CCF)c2=O)O3)O1. The van der Waals surface area contributed by atoms with Crippen molar-refractivity contribution in [1.29, 1.82) is 0 Å². The maximum absolute atomic E-state index is 17.0. The molecule has 0 radical (unpaired) electrons. The number of rotatable bonds is 6. The summed E-state index contributed by atoms with van der Waals surface area (Å²) in [6.07, 6.45) is 1.60. The van der Waals surface area contributed by atoms with Crippen LogP contribution in [-0.4, -0.2) is 51.5 Å². The molecule has 15 heteroatoms. The zero-order valence-electron chi connectivity index (χ0n) is 27.7. The molecule has 4 aromatic rings. The first-order valence-electron chi connectivity index (χ1n) is 16.2. The number of aromatic nitrogens is 2. The average molecular weight is 725 g/mol. The first kappa shape index (κ1) is 34.2. The van der Waals surface area contributed by atoms with Crippen LogP contribution in [0.5, 0.6) is 28.7 Å². The molecule has 0 unspecified atom stereocenters. The quantitative estimate of drug-likeness (QED) is 0.197. The number of hydrogen-bond donors (Lipinski definition) is 1. The van der Waals surface area contributed by atoms with Gasteiger partial charge in [0.15, 0.2) is 22.9 Å². The summed E-state index contributed by atoms with van der Waals surface area (Å²) in [5, 5.41) is 3.30. The predicted molar refractivity (Wildman–Crippen MR) is 178 cm³/mol. The summed E-state index contributed by atoms with van der Waals surface area (Å²) in [7, 11) is 0. The van der Waals surface area contributed by atoms with Crippen LogP contribution in [0.1, 0.15) is 55.1 Å². The molecule has 51 heavy (non-hydrogen) atoms. The first-order valence-corrected chi connectivity index (χ1v) is 16.6. The van der Waals surface area contributed by atoms with Gasteiger partial charge in [-0.15, -0.1) is 0 Å². The van der Waals surface area contributed by atoms with Crippen LogP contribution in [0.25, 0.3) is 11.1 Å². The van der Waals surface area contributed by atoms with Crippen molar-refractivity contribution in [1.82, 2.24) is 14.7 Å². The van der Waals surface area contributed by atoms with Gasteiger partial charge in [-0.25, -0.2) is 22.6 Å². The number of nitrogens with zero attached hydrogens (tertiary/aromatic N) is 3. The van der Waals surface area contributed by atoms with Crippen LogP contribution in [-0.2, 0) is 23.3 Å². The molecule has 0 saturated carbocycles. The van der Waals surface area contributed by atoms with Gasteiger partial charge in [-0.3, -0.25) is 9.59 Å². The maximum Gasteiger partial charge on any atom is 0.410 e. The Morgan fingerprint density at radius 2 is 1.82 bits per heavy atom. The van der Waals surface area contributed by atoms with Gasteiger partial charge in [-0.2, -0.15) is 5.10 Å². The fourth-order valence-electron chi connectivity index (χ4n) is 7.01. The third kappa shape index (κ3) is 5.71. The summed E-state index contributed by atoms with van der Waals surface area (Å²) in [5.41, 5.74) is 2.46. The number of benzene rings is 3. The Morgan fingerprint density at radius 1 is 1.08 bits per heavy atom. The third-order valence-electron chi connectivity index (χ3n) is 9.09. The molecule has 2 atom stereocenters.